The normalized spacial score (nSPS) is 26.8. The van der Waals surface area contributed by atoms with E-state index in [1.54, 1.807) is 19.0 Å². The lowest BCUT2D eigenvalue weighted by Gasteiger charge is -2.36. The van der Waals surface area contributed by atoms with Crippen molar-refractivity contribution in [2.75, 3.05) is 40.3 Å². The van der Waals surface area contributed by atoms with Crippen LogP contribution in [0.25, 0.3) is 0 Å². The number of nitrogens with one attached hydrogen (secondary N) is 1. The minimum Gasteiger partial charge on any atom is -0.348 e. The third-order valence-electron chi connectivity index (χ3n) is 3.45. The van der Waals surface area contributed by atoms with E-state index in [4.69, 9.17) is 0 Å². The van der Waals surface area contributed by atoms with Crippen LogP contribution in [0.1, 0.15) is 20.3 Å². The van der Waals surface area contributed by atoms with E-state index < -0.39 is 0 Å². The van der Waals surface area contributed by atoms with Gasteiger partial charge in [-0.15, -0.1) is 0 Å². The second-order valence-electron chi connectivity index (χ2n) is 4.93. The minimum absolute atomic E-state index is 0.158. The third-order valence-corrected chi connectivity index (χ3v) is 3.45. The third kappa shape index (κ3) is 3.76. The fraction of sp³-hybridized carbons (Fsp3) is 0.917. The van der Waals surface area contributed by atoms with Gasteiger partial charge in [0.05, 0.1) is 6.54 Å². The van der Waals surface area contributed by atoms with Crippen LogP contribution in [0.4, 0.5) is 0 Å². The van der Waals surface area contributed by atoms with Gasteiger partial charge in [0.25, 0.3) is 0 Å². The highest BCUT2D eigenvalue weighted by Crippen LogP contribution is 2.16. The quantitative estimate of drug-likeness (QED) is 0.755. The predicted molar refractivity (Wildman–Crippen MR) is 66.4 cm³/mol. The summed E-state index contributed by atoms with van der Waals surface area (Å²) in [5.74, 6) is 0.786. The molecule has 4 nitrogen and oxygen atoms in total. The zero-order valence-electron chi connectivity index (χ0n) is 11.0. The Morgan fingerprint density at radius 2 is 2.19 bits per heavy atom. The Morgan fingerprint density at radius 3 is 2.69 bits per heavy atom. The van der Waals surface area contributed by atoms with Gasteiger partial charge in [0.2, 0.25) is 5.91 Å². The van der Waals surface area contributed by atoms with Gasteiger partial charge in [-0.2, -0.15) is 0 Å². The summed E-state index contributed by atoms with van der Waals surface area (Å²) in [4.78, 5) is 15.6. The molecule has 1 saturated heterocycles. The van der Waals surface area contributed by atoms with Crippen molar-refractivity contribution < 1.29 is 4.79 Å². The average Bonchev–Trinajstić information content (AvgIpc) is 2.26. The molecule has 0 aromatic rings. The van der Waals surface area contributed by atoms with E-state index in [0.29, 0.717) is 18.5 Å². The van der Waals surface area contributed by atoms with E-state index in [1.165, 1.54) is 0 Å². The number of rotatable bonds is 4. The number of hydrogen-bond acceptors (Lipinski definition) is 3. The van der Waals surface area contributed by atoms with Crippen molar-refractivity contribution >= 4 is 5.91 Å². The van der Waals surface area contributed by atoms with E-state index in [-0.39, 0.29) is 5.91 Å². The summed E-state index contributed by atoms with van der Waals surface area (Å²) < 4.78 is 0. The van der Waals surface area contributed by atoms with Crippen LogP contribution in [0.15, 0.2) is 0 Å². The number of nitrogens with zero attached hydrogens (tertiary/aromatic N) is 2. The molecule has 16 heavy (non-hydrogen) atoms. The van der Waals surface area contributed by atoms with E-state index in [1.807, 2.05) is 0 Å². The second-order valence-corrected chi connectivity index (χ2v) is 4.93. The average molecular weight is 227 g/mol. The summed E-state index contributed by atoms with van der Waals surface area (Å²) in [6.07, 6.45) is 1.15. The van der Waals surface area contributed by atoms with Crippen molar-refractivity contribution in [1.82, 2.24) is 15.1 Å². The van der Waals surface area contributed by atoms with Gasteiger partial charge in [0.1, 0.15) is 0 Å². The lowest BCUT2D eigenvalue weighted by Crippen LogP contribution is -2.50. The van der Waals surface area contributed by atoms with Crippen LogP contribution < -0.4 is 5.32 Å². The maximum absolute atomic E-state index is 11.5. The van der Waals surface area contributed by atoms with Gasteiger partial charge < -0.3 is 15.1 Å². The topological polar surface area (TPSA) is 35.6 Å². The largest absolute Gasteiger partial charge is 0.348 e. The Hall–Kier alpha value is -0.610. The number of carbonyl (C=O) groups is 1. The molecule has 1 N–H and O–H groups in total. The van der Waals surface area contributed by atoms with E-state index in [2.05, 4.69) is 24.1 Å². The highest BCUT2D eigenvalue weighted by atomic mass is 16.2. The van der Waals surface area contributed by atoms with E-state index in [9.17, 15) is 4.79 Å². The van der Waals surface area contributed by atoms with Crippen LogP contribution in [-0.4, -0.2) is 62.0 Å². The number of likely N-dealkylation sites (tertiary alicyclic amines) is 1. The summed E-state index contributed by atoms with van der Waals surface area (Å²) in [6.45, 7) is 8.36. The summed E-state index contributed by atoms with van der Waals surface area (Å²) in [5.41, 5.74) is 0. The Bertz CT molecular complexity index is 230. The molecule has 2 atom stereocenters. The Balaban J connectivity index is 2.30. The molecule has 1 fully saturated rings. The summed E-state index contributed by atoms with van der Waals surface area (Å²) >= 11 is 0. The predicted octanol–water partition coefficient (Wildman–Crippen LogP) is 0.395. The molecule has 94 valence electrons. The van der Waals surface area contributed by atoms with Gasteiger partial charge in [-0.05, 0) is 25.4 Å². The highest BCUT2D eigenvalue weighted by Gasteiger charge is 2.25. The summed E-state index contributed by atoms with van der Waals surface area (Å²) in [7, 11) is 3.60. The lowest BCUT2D eigenvalue weighted by atomic mass is 9.94. The van der Waals surface area contributed by atoms with Crippen molar-refractivity contribution in [2.24, 2.45) is 5.92 Å². The van der Waals surface area contributed by atoms with Crippen LogP contribution in [0.2, 0.25) is 0 Å². The smallest absolute Gasteiger partial charge is 0.236 e. The SMILES string of the molecule is CCN1CCC(NCC(=O)N(C)C)C(C)C1. The van der Waals surface area contributed by atoms with Crippen molar-refractivity contribution in [3.8, 4) is 0 Å². The first-order valence-corrected chi connectivity index (χ1v) is 6.20. The molecule has 0 bridgehead atoms. The molecule has 0 aromatic carbocycles. The van der Waals surface area contributed by atoms with Crippen molar-refractivity contribution in [3.05, 3.63) is 0 Å². The van der Waals surface area contributed by atoms with Gasteiger partial charge in [-0.25, -0.2) is 0 Å². The molecule has 2 unspecified atom stereocenters. The standard InChI is InChI=1S/C12H25N3O/c1-5-15-7-6-11(10(2)9-15)13-8-12(16)14(3)4/h10-11,13H,5-9H2,1-4H3. The van der Waals surface area contributed by atoms with Crippen molar-refractivity contribution in [2.45, 2.75) is 26.3 Å². The fourth-order valence-corrected chi connectivity index (χ4v) is 2.20. The maximum atomic E-state index is 11.5. The highest BCUT2D eigenvalue weighted by molar-refractivity contribution is 5.77. The molecule has 1 rings (SSSR count). The molecule has 1 amide bonds. The monoisotopic (exact) mass is 227 g/mol. The number of hydrogen-bond donors (Lipinski definition) is 1. The van der Waals surface area contributed by atoms with Crippen molar-refractivity contribution in [1.29, 1.82) is 0 Å². The van der Waals surface area contributed by atoms with Crippen molar-refractivity contribution in [3.63, 3.8) is 0 Å². The molecule has 1 aliphatic heterocycles. The van der Waals surface area contributed by atoms with Crippen LogP contribution in [0.5, 0.6) is 0 Å². The molecule has 0 radical (unpaired) electrons. The molecule has 0 aliphatic carbocycles. The van der Waals surface area contributed by atoms with Gasteiger partial charge in [-0.1, -0.05) is 13.8 Å². The zero-order chi connectivity index (χ0) is 12.1. The first-order valence-electron chi connectivity index (χ1n) is 6.20. The van der Waals surface area contributed by atoms with Crippen LogP contribution >= 0.6 is 0 Å². The minimum atomic E-state index is 0.158. The number of amides is 1. The van der Waals surface area contributed by atoms with Crippen LogP contribution in [0.3, 0.4) is 0 Å². The number of likely N-dealkylation sites (N-methyl/N-ethyl adjacent to an activating group) is 1. The van der Waals surface area contributed by atoms with Gasteiger partial charge in [0.15, 0.2) is 0 Å². The van der Waals surface area contributed by atoms with E-state index in [0.717, 1.165) is 26.1 Å². The van der Waals surface area contributed by atoms with E-state index >= 15 is 0 Å². The van der Waals surface area contributed by atoms with Gasteiger partial charge in [-0.3, -0.25) is 4.79 Å². The van der Waals surface area contributed by atoms with Gasteiger partial charge >= 0.3 is 0 Å². The number of carbonyl (C=O) groups excluding carboxylic acids is 1. The second kappa shape index (κ2) is 6.21. The summed E-state index contributed by atoms with van der Waals surface area (Å²) in [5, 5.41) is 3.38. The van der Waals surface area contributed by atoms with Crippen LogP contribution in [0, 0.1) is 5.92 Å². The molecular formula is C12H25N3O. The first kappa shape index (κ1) is 13.5. The lowest BCUT2D eigenvalue weighted by molar-refractivity contribution is -0.128. The molecule has 4 heteroatoms. The first-order chi connectivity index (χ1) is 7.54. The fourth-order valence-electron chi connectivity index (χ4n) is 2.20. The molecular weight excluding hydrogens is 202 g/mol. The molecule has 0 saturated carbocycles. The van der Waals surface area contributed by atoms with Crippen LogP contribution in [-0.2, 0) is 4.79 Å². The number of piperidine rings is 1. The zero-order valence-corrected chi connectivity index (χ0v) is 11.0. The Morgan fingerprint density at radius 1 is 1.50 bits per heavy atom. The van der Waals surface area contributed by atoms with Gasteiger partial charge in [0, 0.05) is 26.7 Å². The molecule has 1 heterocycles. The molecule has 0 aromatic heterocycles. The maximum Gasteiger partial charge on any atom is 0.236 e. The summed E-state index contributed by atoms with van der Waals surface area (Å²) in [6, 6.07) is 0.492. The molecule has 0 spiro atoms. The molecule has 1 aliphatic rings. The Labute approximate surface area is 99.0 Å². The Kier molecular flexibility index (Phi) is 5.22.